The summed E-state index contributed by atoms with van der Waals surface area (Å²) in [5.74, 6) is 1.20. The second kappa shape index (κ2) is 9.39. The van der Waals surface area contributed by atoms with Crippen LogP contribution in [0.3, 0.4) is 0 Å². The monoisotopic (exact) mass is 361 g/mol. The third-order valence-corrected chi connectivity index (χ3v) is 4.12. The predicted molar refractivity (Wildman–Crippen MR) is 100 cm³/mol. The molecule has 0 aliphatic heterocycles. The van der Waals surface area contributed by atoms with Gasteiger partial charge in [0, 0.05) is 18.8 Å². The summed E-state index contributed by atoms with van der Waals surface area (Å²) in [6.07, 6.45) is 5.00. The quantitative estimate of drug-likeness (QED) is 0.623. The highest BCUT2D eigenvalue weighted by Crippen LogP contribution is 2.37. The third-order valence-electron chi connectivity index (χ3n) is 3.84. The van der Waals surface area contributed by atoms with Crippen LogP contribution in [0.4, 0.5) is 0 Å². The van der Waals surface area contributed by atoms with Crippen molar-refractivity contribution in [2.24, 2.45) is 0 Å². The fraction of sp³-hybridized carbons (Fsp3) is 0.368. The van der Waals surface area contributed by atoms with Crippen molar-refractivity contribution in [3.8, 4) is 11.5 Å². The number of hydrogen-bond donors (Lipinski definition) is 0. The van der Waals surface area contributed by atoms with Crippen LogP contribution in [0, 0.1) is 0 Å². The van der Waals surface area contributed by atoms with Crippen LogP contribution < -0.4 is 9.47 Å². The molecule has 0 fully saturated rings. The molecule has 0 saturated heterocycles. The number of halogens is 1. The van der Waals surface area contributed by atoms with Gasteiger partial charge in [-0.25, -0.2) is 9.97 Å². The highest BCUT2D eigenvalue weighted by molar-refractivity contribution is 6.32. The summed E-state index contributed by atoms with van der Waals surface area (Å²) in [6.45, 7) is 9.32. The van der Waals surface area contributed by atoms with Gasteiger partial charge in [0.2, 0.25) is 0 Å². The van der Waals surface area contributed by atoms with E-state index >= 15 is 0 Å². The molecule has 0 bridgehead atoms. The summed E-state index contributed by atoms with van der Waals surface area (Å²) in [6, 6.07) is 5.95. The average Bonchev–Trinajstić information content (AvgIpc) is 2.61. The van der Waals surface area contributed by atoms with E-state index in [4.69, 9.17) is 21.1 Å². The number of benzene rings is 1. The van der Waals surface area contributed by atoms with Gasteiger partial charge in [-0.15, -0.1) is 0 Å². The predicted octanol–water partition coefficient (Wildman–Crippen LogP) is 4.29. The van der Waals surface area contributed by atoms with Crippen LogP contribution in [0.2, 0.25) is 5.02 Å². The Kier molecular flexibility index (Phi) is 7.22. The van der Waals surface area contributed by atoms with Crippen molar-refractivity contribution < 1.29 is 9.47 Å². The van der Waals surface area contributed by atoms with Crippen molar-refractivity contribution >= 4 is 11.6 Å². The van der Waals surface area contributed by atoms with Crippen LogP contribution in [0.1, 0.15) is 31.1 Å². The van der Waals surface area contributed by atoms with E-state index < -0.39 is 0 Å². The molecule has 134 valence electrons. The molecule has 2 rings (SSSR count). The van der Waals surface area contributed by atoms with Gasteiger partial charge in [0.15, 0.2) is 11.5 Å². The summed E-state index contributed by atoms with van der Waals surface area (Å²) >= 11 is 6.41. The van der Waals surface area contributed by atoms with E-state index in [0.717, 1.165) is 11.3 Å². The summed E-state index contributed by atoms with van der Waals surface area (Å²) in [5.41, 5.74) is 2.02. The standard InChI is InChI=1S/C19H24ClN3O2/c1-5-9-25-19-16(20)10-15(11-18(19)24-6-2)12-23(4)14(3)17-7-8-21-13-22-17/h5,7-8,10-11,13-14H,1,6,9,12H2,2-4H3. The van der Waals surface area contributed by atoms with E-state index in [9.17, 15) is 0 Å². The molecular weight excluding hydrogens is 338 g/mol. The molecule has 5 nitrogen and oxygen atoms in total. The number of hydrogen-bond acceptors (Lipinski definition) is 5. The molecule has 0 saturated carbocycles. The Morgan fingerprint density at radius 3 is 2.80 bits per heavy atom. The van der Waals surface area contributed by atoms with Gasteiger partial charge in [-0.2, -0.15) is 0 Å². The first kappa shape index (κ1) is 19.2. The maximum Gasteiger partial charge on any atom is 0.180 e. The second-order valence-electron chi connectivity index (χ2n) is 5.66. The van der Waals surface area contributed by atoms with Crippen molar-refractivity contribution in [3.63, 3.8) is 0 Å². The fourth-order valence-electron chi connectivity index (χ4n) is 2.46. The summed E-state index contributed by atoms with van der Waals surface area (Å²) in [5, 5.41) is 0.533. The Morgan fingerprint density at radius 2 is 2.16 bits per heavy atom. The van der Waals surface area contributed by atoms with E-state index in [-0.39, 0.29) is 6.04 Å². The van der Waals surface area contributed by atoms with Crippen LogP contribution >= 0.6 is 11.6 Å². The highest BCUT2D eigenvalue weighted by Gasteiger charge is 2.17. The van der Waals surface area contributed by atoms with Gasteiger partial charge in [0.1, 0.15) is 12.9 Å². The third kappa shape index (κ3) is 5.18. The van der Waals surface area contributed by atoms with E-state index in [0.29, 0.717) is 36.3 Å². The summed E-state index contributed by atoms with van der Waals surface area (Å²) in [7, 11) is 2.04. The van der Waals surface area contributed by atoms with Gasteiger partial charge >= 0.3 is 0 Å². The molecule has 0 aliphatic rings. The zero-order valence-electron chi connectivity index (χ0n) is 14.9. The van der Waals surface area contributed by atoms with Gasteiger partial charge < -0.3 is 9.47 Å². The lowest BCUT2D eigenvalue weighted by Gasteiger charge is -2.25. The average molecular weight is 362 g/mol. The maximum atomic E-state index is 6.41. The maximum absolute atomic E-state index is 6.41. The SMILES string of the molecule is C=CCOc1c(Cl)cc(CN(C)C(C)c2ccncn2)cc1OCC. The minimum Gasteiger partial charge on any atom is -0.490 e. The molecule has 0 N–H and O–H groups in total. The lowest BCUT2D eigenvalue weighted by molar-refractivity contribution is 0.247. The lowest BCUT2D eigenvalue weighted by Crippen LogP contribution is -2.22. The van der Waals surface area contributed by atoms with E-state index in [1.807, 2.05) is 32.2 Å². The van der Waals surface area contributed by atoms with Crippen molar-refractivity contribution in [1.82, 2.24) is 14.9 Å². The zero-order valence-corrected chi connectivity index (χ0v) is 15.7. The molecule has 0 spiro atoms. The van der Waals surface area contributed by atoms with E-state index in [2.05, 4.69) is 28.4 Å². The first-order chi connectivity index (χ1) is 12.1. The van der Waals surface area contributed by atoms with Crippen LogP contribution in [0.15, 0.2) is 43.4 Å². The number of rotatable bonds is 9. The highest BCUT2D eigenvalue weighted by atomic mass is 35.5. The molecule has 1 heterocycles. The van der Waals surface area contributed by atoms with Crippen LogP contribution in [-0.2, 0) is 6.54 Å². The molecule has 0 aliphatic carbocycles. The summed E-state index contributed by atoms with van der Waals surface area (Å²) < 4.78 is 11.3. The Hall–Kier alpha value is -2.11. The Balaban J connectivity index is 2.19. The van der Waals surface area contributed by atoms with Crippen LogP contribution in [0.25, 0.3) is 0 Å². The molecule has 2 aromatic rings. The van der Waals surface area contributed by atoms with Gasteiger partial charge in [-0.05, 0) is 44.7 Å². The van der Waals surface area contributed by atoms with Crippen molar-refractivity contribution in [2.45, 2.75) is 26.4 Å². The topological polar surface area (TPSA) is 47.5 Å². The molecule has 0 amide bonds. The molecule has 0 radical (unpaired) electrons. The normalized spacial score (nSPS) is 12.0. The van der Waals surface area contributed by atoms with Gasteiger partial charge in [0.05, 0.1) is 17.3 Å². The first-order valence-corrected chi connectivity index (χ1v) is 8.59. The van der Waals surface area contributed by atoms with Crippen molar-refractivity contribution in [1.29, 1.82) is 0 Å². The molecule has 25 heavy (non-hydrogen) atoms. The number of aromatic nitrogens is 2. The fourth-order valence-corrected chi connectivity index (χ4v) is 2.74. The molecule has 1 atom stereocenters. The Morgan fingerprint density at radius 1 is 1.36 bits per heavy atom. The smallest absolute Gasteiger partial charge is 0.180 e. The number of nitrogens with zero attached hydrogens (tertiary/aromatic N) is 3. The molecule has 1 aromatic heterocycles. The second-order valence-corrected chi connectivity index (χ2v) is 6.07. The van der Waals surface area contributed by atoms with Gasteiger partial charge in [-0.1, -0.05) is 24.3 Å². The Bertz CT molecular complexity index is 695. The largest absolute Gasteiger partial charge is 0.490 e. The van der Waals surface area contributed by atoms with Crippen LogP contribution in [-0.4, -0.2) is 35.1 Å². The van der Waals surface area contributed by atoms with E-state index in [1.165, 1.54) is 0 Å². The lowest BCUT2D eigenvalue weighted by atomic mass is 10.1. The van der Waals surface area contributed by atoms with Gasteiger partial charge in [0.25, 0.3) is 0 Å². The zero-order chi connectivity index (χ0) is 18.2. The molecule has 6 heteroatoms. The van der Waals surface area contributed by atoms with Crippen molar-refractivity contribution in [2.75, 3.05) is 20.3 Å². The minimum atomic E-state index is 0.147. The minimum absolute atomic E-state index is 0.147. The van der Waals surface area contributed by atoms with Gasteiger partial charge in [-0.3, -0.25) is 4.90 Å². The molecule has 1 aromatic carbocycles. The Labute approximate surface area is 154 Å². The first-order valence-electron chi connectivity index (χ1n) is 8.21. The molecule has 1 unspecified atom stereocenters. The van der Waals surface area contributed by atoms with E-state index in [1.54, 1.807) is 18.6 Å². The molecular formula is C19H24ClN3O2. The van der Waals surface area contributed by atoms with Crippen LogP contribution in [0.5, 0.6) is 11.5 Å². The summed E-state index contributed by atoms with van der Waals surface area (Å²) in [4.78, 5) is 10.5. The number of ether oxygens (including phenoxy) is 2. The van der Waals surface area contributed by atoms with Crippen molar-refractivity contribution in [3.05, 3.63) is 59.7 Å².